The zero-order valence-electron chi connectivity index (χ0n) is 10.9. The summed E-state index contributed by atoms with van der Waals surface area (Å²) in [5.74, 6) is -0.551. The fraction of sp³-hybridized carbons (Fsp3) is 0.417. The fourth-order valence-electron chi connectivity index (χ4n) is 1.50. The highest BCUT2D eigenvalue weighted by Crippen LogP contribution is 2.20. The molecule has 6 nitrogen and oxygen atoms in total. The number of anilines is 1. The van der Waals surface area contributed by atoms with E-state index in [2.05, 4.69) is 0 Å². The van der Waals surface area contributed by atoms with Crippen LogP contribution in [0.3, 0.4) is 0 Å². The van der Waals surface area contributed by atoms with E-state index in [-0.39, 0.29) is 18.6 Å². The first kappa shape index (κ1) is 15.3. The summed E-state index contributed by atoms with van der Waals surface area (Å²) in [6, 6.07) is 6.60. The SMILES string of the molecule is COc1ccc(N(C)S(=O)(=O)CCCC(=O)O)cc1. The molecule has 0 atom stereocenters. The maximum Gasteiger partial charge on any atom is 0.303 e. The third kappa shape index (κ3) is 4.44. The molecule has 0 fully saturated rings. The number of ether oxygens (including phenoxy) is 1. The van der Waals surface area contributed by atoms with Crippen molar-refractivity contribution in [1.29, 1.82) is 0 Å². The molecule has 1 aromatic carbocycles. The first-order chi connectivity index (χ1) is 8.86. The van der Waals surface area contributed by atoms with Crippen molar-refractivity contribution in [3.8, 4) is 5.75 Å². The maximum atomic E-state index is 12.0. The Morgan fingerprint density at radius 3 is 2.37 bits per heavy atom. The van der Waals surface area contributed by atoms with Crippen LogP contribution in [0.2, 0.25) is 0 Å². The lowest BCUT2D eigenvalue weighted by molar-refractivity contribution is -0.137. The number of sulfonamides is 1. The molecular formula is C12H17NO5S. The van der Waals surface area contributed by atoms with Crippen LogP contribution in [-0.2, 0) is 14.8 Å². The molecule has 0 spiro atoms. The van der Waals surface area contributed by atoms with Gasteiger partial charge in [0.25, 0.3) is 0 Å². The zero-order valence-corrected chi connectivity index (χ0v) is 11.7. The van der Waals surface area contributed by atoms with Gasteiger partial charge in [0, 0.05) is 13.5 Å². The predicted octanol–water partition coefficient (Wildman–Crippen LogP) is 1.33. The van der Waals surface area contributed by atoms with Crippen LogP contribution >= 0.6 is 0 Å². The van der Waals surface area contributed by atoms with Gasteiger partial charge in [-0.3, -0.25) is 9.10 Å². The molecule has 0 amide bonds. The van der Waals surface area contributed by atoms with Crippen LogP contribution in [0, 0.1) is 0 Å². The lowest BCUT2D eigenvalue weighted by atomic mass is 10.3. The van der Waals surface area contributed by atoms with E-state index < -0.39 is 16.0 Å². The first-order valence-electron chi connectivity index (χ1n) is 5.69. The molecule has 0 aromatic heterocycles. The number of aliphatic carboxylic acids is 1. The van der Waals surface area contributed by atoms with Gasteiger partial charge in [-0.25, -0.2) is 8.42 Å². The summed E-state index contributed by atoms with van der Waals surface area (Å²) in [6.45, 7) is 0. The van der Waals surface area contributed by atoms with Crippen molar-refractivity contribution in [3.05, 3.63) is 24.3 Å². The molecule has 1 N–H and O–H groups in total. The van der Waals surface area contributed by atoms with E-state index in [9.17, 15) is 13.2 Å². The molecule has 7 heteroatoms. The lowest BCUT2D eigenvalue weighted by Crippen LogP contribution is -2.29. The van der Waals surface area contributed by atoms with Gasteiger partial charge in [0.05, 0.1) is 18.6 Å². The van der Waals surface area contributed by atoms with Crippen molar-refractivity contribution < 1.29 is 23.1 Å². The van der Waals surface area contributed by atoms with Gasteiger partial charge in [0.1, 0.15) is 5.75 Å². The fourth-order valence-corrected chi connectivity index (χ4v) is 2.72. The average Bonchev–Trinajstić information content (AvgIpc) is 2.37. The van der Waals surface area contributed by atoms with Crippen LogP contribution in [0.5, 0.6) is 5.75 Å². The van der Waals surface area contributed by atoms with Gasteiger partial charge in [0.15, 0.2) is 0 Å². The molecule has 1 rings (SSSR count). The van der Waals surface area contributed by atoms with Crippen molar-refractivity contribution in [3.63, 3.8) is 0 Å². The van der Waals surface area contributed by atoms with Crippen molar-refractivity contribution in [2.75, 3.05) is 24.2 Å². The molecule has 1 aromatic rings. The summed E-state index contributed by atoms with van der Waals surface area (Å²) in [5, 5.41) is 8.50. The van der Waals surface area contributed by atoms with E-state index in [0.29, 0.717) is 11.4 Å². The maximum absolute atomic E-state index is 12.0. The first-order valence-corrected chi connectivity index (χ1v) is 7.30. The average molecular weight is 287 g/mol. The molecule has 0 aliphatic carbocycles. The minimum Gasteiger partial charge on any atom is -0.497 e. The molecule has 106 valence electrons. The molecule has 0 bridgehead atoms. The summed E-state index contributed by atoms with van der Waals surface area (Å²) in [5.41, 5.74) is 0.510. The van der Waals surface area contributed by atoms with Gasteiger partial charge in [-0.1, -0.05) is 0 Å². The van der Waals surface area contributed by atoms with E-state index >= 15 is 0 Å². The Morgan fingerprint density at radius 2 is 1.89 bits per heavy atom. The minimum atomic E-state index is -3.50. The Hall–Kier alpha value is -1.76. The van der Waals surface area contributed by atoms with Crippen molar-refractivity contribution in [2.24, 2.45) is 0 Å². The number of rotatable bonds is 7. The highest BCUT2D eigenvalue weighted by atomic mass is 32.2. The summed E-state index contributed by atoms with van der Waals surface area (Å²) in [6.07, 6.45) is -0.0617. The van der Waals surface area contributed by atoms with Crippen LogP contribution in [0.15, 0.2) is 24.3 Å². The van der Waals surface area contributed by atoms with E-state index in [1.807, 2.05) is 0 Å². The molecule has 0 saturated heterocycles. The van der Waals surface area contributed by atoms with Crippen LogP contribution in [0.1, 0.15) is 12.8 Å². The van der Waals surface area contributed by atoms with E-state index in [1.165, 1.54) is 14.2 Å². The molecule has 0 aliphatic rings. The van der Waals surface area contributed by atoms with Gasteiger partial charge in [-0.2, -0.15) is 0 Å². The van der Waals surface area contributed by atoms with Gasteiger partial charge in [-0.05, 0) is 30.7 Å². The van der Waals surface area contributed by atoms with Crippen molar-refractivity contribution in [1.82, 2.24) is 0 Å². The van der Waals surface area contributed by atoms with Gasteiger partial charge in [0.2, 0.25) is 10.0 Å². The topological polar surface area (TPSA) is 83.9 Å². The number of nitrogens with zero attached hydrogens (tertiary/aromatic N) is 1. The minimum absolute atomic E-state index is 0.0954. The van der Waals surface area contributed by atoms with Gasteiger partial charge in [-0.15, -0.1) is 0 Å². The third-order valence-corrected chi connectivity index (χ3v) is 4.50. The largest absolute Gasteiger partial charge is 0.497 e. The molecule has 0 saturated carbocycles. The highest BCUT2D eigenvalue weighted by Gasteiger charge is 2.18. The summed E-state index contributed by atoms with van der Waals surface area (Å²) >= 11 is 0. The number of benzene rings is 1. The number of hydrogen-bond donors (Lipinski definition) is 1. The third-order valence-electron chi connectivity index (χ3n) is 2.65. The highest BCUT2D eigenvalue weighted by molar-refractivity contribution is 7.92. The summed E-state index contributed by atoms with van der Waals surface area (Å²) < 4.78 is 30.1. The van der Waals surface area contributed by atoms with Crippen LogP contribution in [0.4, 0.5) is 5.69 Å². The number of carboxylic acid groups (broad SMARTS) is 1. The summed E-state index contributed by atoms with van der Waals surface area (Å²) in [4.78, 5) is 10.4. The Labute approximate surface area is 112 Å². The number of carbonyl (C=O) groups is 1. The van der Waals surface area contributed by atoms with Crippen LogP contribution in [0.25, 0.3) is 0 Å². The zero-order chi connectivity index (χ0) is 14.5. The van der Waals surface area contributed by atoms with Crippen molar-refractivity contribution in [2.45, 2.75) is 12.8 Å². The Balaban J connectivity index is 2.73. The molecule has 0 aliphatic heterocycles. The van der Waals surface area contributed by atoms with E-state index in [0.717, 1.165) is 4.31 Å². The second-order valence-electron chi connectivity index (χ2n) is 3.98. The predicted molar refractivity (Wildman–Crippen MR) is 72.1 cm³/mol. The molecule has 0 radical (unpaired) electrons. The Morgan fingerprint density at radius 1 is 1.32 bits per heavy atom. The number of hydrogen-bond acceptors (Lipinski definition) is 4. The second-order valence-corrected chi connectivity index (χ2v) is 6.10. The molecular weight excluding hydrogens is 270 g/mol. The van der Waals surface area contributed by atoms with E-state index in [1.54, 1.807) is 24.3 Å². The van der Waals surface area contributed by atoms with Crippen molar-refractivity contribution >= 4 is 21.7 Å². The smallest absolute Gasteiger partial charge is 0.303 e. The van der Waals surface area contributed by atoms with Gasteiger partial charge >= 0.3 is 5.97 Å². The number of carboxylic acids is 1. The Kier molecular flexibility index (Phi) is 5.17. The summed E-state index contributed by atoms with van der Waals surface area (Å²) in [7, 11) is -0.528. The van der Waals surface area contributed by atoms with Gasteiger partial charge < -0.3 is 9.84 Å². The van der Waals surface area contributed by atoms with Crippen LogP contribution < -0.4 is 9.04 Å². The Bertz CT molecular complexity index is 524. The standard InChI is InChI=1S/C12H17NO5S/c1-13(10-5-7-11(18-2)8-6-10)19(16,17)9-3-4-12(14)15/h5-8H,3-4,9H2,1-2H3,(H,14,15). The van der Waals surface area contributed by atoms with E-state index in [4.69, 9.17) is 9.84 Å². The molecule has 0 unspecified atom stereocenters. The second kappa shape index (κ2) is 6.42. The number of methoxy groups -OCH3 is 1. The monoisotopic (exact) mass is 287 g/mol. The molecule has 0 heterocycles. The lowest BCUT2D eigenvalue weighted by Gasteiger charge is -2.19. The quantitative estimate of drug-likeness (QED) is 0.817. The normalized spacial score (nSPS) is 11.1. The molecule has 19 heavy (non-hydrogen) atoms. The van der Waals surface area contributed by atoms with Crippen LogP contribution in [-0.4, -0.2) is 39.4 Å².